The molecule has 0 bridgehead atoms. The highest BCUT2D eigenvalue weighted by Gasteiger charge is 2.32. The molecule has 0 saturated carbocycles. The maximum Gasteiger partial charge on any atom is 0.248 e. The van der Waals surface area contributed by atoms with Crippen molar-refractivity contribution in [3.63, 3.8) is 0 Å². The lowest BCUT2D eigenvalue weighted by Crippen LogP contribution is -2.59. The molecule has 1 aliphatic heterocycles. The van der Waals surface area contributed by atoms with Crippen LogP contribution in [0.15, 0.2) is 36.9 Å². The van der Waals surface area contributed by atoms with E-state index in [1.165, 1.54) is 11.0 Å². The zero-order chi connectivity index (χ0) is 36.6. The summed E-state index contributed by atoms with van der Waals surface area (Å²) in [6, 6.07) is 7.93. The highest BCUT2D eigenvalue weighted by molar-refractivity contribution is 5.88. The minimum atomic E-state index is -0.350. The standard InChI is InChI=1S/C40H59N3O5/c1-14-32(44)41-23-42(33(45)17-15-26-19-28(37(2,3)4)35(47)29(20-26)38(5,6)7)25-43(24-41)34(46)18-16-27-21-30(39(8,9)10)36(48)31(22-27)40(11,12)13/h14,19-22,47-48H,1,15-18,23-25H2,2-13H3. The van der Waals surface area contributed by atoms with Crippen molar-refractivity contribution in [2.45, 2.75) is 130 Å². The minimum Gasteiger partial charge on any atom is -0.507 e. The molecule has 3 amide bonds. The zero-order valence-electron chi connectivity index (χ0n) is 31.5. The molecule has 0 spiro atoms. The molecular formula is C40H59N3O5. The first kappa shape index (κ1) is 38.6. The van der Waals surface area contributed by atoms with Gasteiger partial charge < -0.3 is 24.9 Å². The van der Waals surface area contributed by atoms with Crippen molar-refractivity contribution in [3.8, 4) is 11.5 Å². The van der Waals surface area contributed by atoms with E-state index in [1.54, 1.807) is 9.80 Å². The average molecular weight is 662 g/mol. The van der Waals surface area contributed by atoms with Crippen LogP contribution in [0, 0.1) is 0 Å². The molecule has 0 unspecified atom stereocenters. The second-order valence-electron chi connectivity index (χ2n) is 17.5. The van der Waals surface area contributed by atoms with E-state index < -0.39 is 0 Å². The number of aromatic hydroxyl groups is 2. The Hall–Kier alpha value is -3.81. The van der Waals surface area contributed by atoms with Gasteiger partial charge >= 0.3 is 0 Å². The van der Waals surface area contributed by atoms with Crippen LogP contribution in [-0.2, 0) is 48.9 Å². The molecule has 264 valence electrons. The third-order valence-electron chi connectivity index (χ3n) is 9.04. The van der Waals surface area contributed by atoms with Crippen molar-refractivity contribution in [3.05, 3.63) is 70.3 Å². The first-order valence-corrected chi connectivity index (χ1v) is 17.0. The first-order valence-electron chi connectivity index (χ1n) is 17.0. The van der Waals surface area contributed by atoms with Gasteiger partial charge in [-0.2, -0.15) is 0 Å². The number of phenols is 2. The number of amides is 3. The van der Waals surface area contributed by atoms with Gasteiger partial charge in [-0.1, -0.05) is 114 Å². The Balaban J connectivity index is 1.82. The molecular weight excluding hydrogens is 602 g/mol. The van der Waals surface area contributed by atoms with Crippen LogP contribution in [0.2, 0.25) is 0 Å². The number of benzene rings is 2. The Bertz CT molecular complexity index is 1370. The van der Waals surface area contributed by atoms with Crippen molar-refractivity contribution in [2.24, 2.45) is 0 Å². The highest BCUT2D eigenvalue weighted by Crippen LogP contribution is 2.41. The van der Waals surface area contributed by atoms with Crippen molar-refractivity contribution in [1.29, 1.82) is 0 Å². The van der Waals surface area contributed by atoms with E-state index in [1.807, 2.05) is 24.3 Å². The lowest BCUT2D eigenvalue weighted by Gasteiger charge is -2.42. The summed E-state index contributed by atoms with van der Waals surface area (Å²) in [5.74, 6) is -0.0899. The van der Waals surface area contributed by atoms with Gasteiger partial charge in [0.05, 0.1) is 20.0 Å². The van der Waals surface area contributed by atoms with Crippen LogP contribution in [-0.4, -0.2) is 62.6 Å². The molecule has 48 heavy (non-hydrogen) atoms. The molecule has 2 aromatic rings. The Labute approximate surface area is 288 Å². The quantitative estimate of drug-likeness (QED) is 0.301. The number of phenolic OH excluding ortho intramolecular Hbond substituents is 2. The van der Waals surface area contributed by atoms with Crippen LogP contribution in [0.1, 0.15) is 129 Å². The van der Waals surface area contributed by atoms with E-state index in [0.29, 0.717) is 24.3 Å². The molecule has 1 saturated heterocycles. The van der Waals surface area contributed by atoms with Gasteiger partial charge in [0.2, 0.25) is 17.7 Å². The minimum absolute atomic E-state index is 0.0748. The Morgan fingerprint density at radius 3 is 1.10 bits per heavy atom. The van der Waals surface area contributed by atoms with Crippen LogP contribution in [0.25, 0.3) is 0 Å². The van der Waals surface area contributed by atoms with Gasteiger partial charge in [-0.25, -0.2) is 0 Å². The van der Waals surface area contributed by atoms with Gasteiger partial charge in [-0.05, 0) is 74.0 Å². The lowest BCUT2D eigenvalue weighted by molar-refractivity contribution is -0.156. The summed E-state index contributed by atoms with van der Waals surface area (Å²) in [6.45, 7) is 28.6. The number of carbonyl (C=O) groups excluding carboxylic acids is 3. The summed E-state index contributed by atoms with van der Waals surface area (Å²) in [7, 11) is 0. The van der Waals surface area contributed by atoms with Gasteiger partial charge in [0.15, 0.2) is 0 Å². The fourth-order valence-corrected chi connectivity index (χ4v) is 6.12. The second-order valence-corrected chi connectivity index (χ2v) is 17.5. The first-order chi connectivity index (χ1) is 21.8. The summed E-state index contributed by atoms with van der Waals surface area (Å²) in [5, 5.41) is 22.2. The van der Waals surface area contributed by atoms with E-state index in [-0.39, 0.29) is 72.2 Å². The topological polar surface area (TPSA) is 101 Å². The predicted octanol–water partition coefficient (Wildman–Crippen LogP) is 7.41. The highest BCUT2D eigenvalue weighted by atomic mass is 16.3. The van der Waals surface area contributed by atoms with E-state index in [4.69, 9.17) is 0 Å². The fraction of sp³-hybridized carbons (Fsp3) is 0.575. The molecule has 1 aliphatic rings. The van der Waals surface area contributed by atoms with E-state index in [2.05, 4.69) is 89.7 Å². The largest absolute Gasteiger partial charge is 0.507 e. The molecule has 0 aromatic heterocycles. The Morgan fingerprint density at radius 1 is 0.583 bits per heavy atom. The van der Waals surface area contributed by atoms with Gasteiger partial charge in [-0.15, -0.1) is 0 Å². The van der Waals surface area contributed by atoms with E-state index in [0.717, 1.165) is 33.4 Å². The summed E-state index contributed by atoms with van der Waals surface area (Å²) >= 11 is 0. The maximum atomic E-state index is 13.7. The number of hydrogen-bond acceptors (Lipinski definition) is 5. The molecule has 2 N–H and O–H groups in total. The number of nitrogens with zero attached hydrogens (tertiary/aromatic N) is 3. The van der Waals surface area contributed by atoms with Crippen molar-refractivity contribution in [2.75, 3.05) is 20.0 Å². The van der Waals surface area contributed by atoms with Crippen LogP contribution < -0.4 is 0 Å². The molecule has 3 rings (SSSR count). The molecule has 2 aromatic carbocycles. The number of carbonyl (C=O) groups is 3. The molecule has 1 fully saturated rings. The normalized spacial score (nSPS) is 14.7. The van der Waals surface area contributed by atoms with Gasteiger partial charge in [0.25, 0.3) is 0 Å². The van der Waals surface area contributed by atoms with Crippen LogP contribution in [0.3, 0.4) is 0 Å². The second kappa shape index (κ2) is 14.0. The summed E-state index contributed by atoms with van der Waals surface area (Å²) in [6.07, 6.45) is 2.49. The van der Waals surface area contributed by atoms with E-state index >= 15 is 0 Å². The van der Waals surface area contributed by atoms with Crippen LogP contribution in [0.5, 0.6) is 11.5 Å². The molecule has 8 nitrogen and oxygen atoms in total. The molecule has 8 heteroatoms. The fourth-order valence-electron chi connectivity index (χ4n) is 6.12. The van der Waals surface area contributed by atoms with Gasteiger partial charge in [0.1, 0.15) is 11.5 Å². The molecule has 0 aliphatic carbocycles. The predicted molar refractivity (Wildman–Crippen MR) is 193 cm³/mol. The molecule has 1 heterocycles. The van der Waals surface area contributed by atoms with Gasteiger partial charge in [0, 0.05) is 12.8 Å². The Morgan fingerprint density at radius 2 is 0.854 bits per heavy atom. The monoisotopic (exact) mass is 661 g/mol. The summed E-state index contributed by atoms with van der Waals surface area (Å²) in [5.41, 5.74) is 4.13. The zero-order valence-corrected chi connectivity index (χ0v) is 31.5. The SMILES string of the molecule is C=CC(=O)N1CN(C(=O)CCc2cc(C(C)(C)C)c(O)c(C(C)(C)C)c2)CN(C(=O)CCc2cc(C(C)(C)C)c(O)c(C(C)(C)C)c2)C1. The third-order valence-corrected chi connectivity index (χ3v) is 9.04. The smallest absolute Gasteiger partial charge is 0.248 e. The average Bonchev–Trinajstić information content (AvgIpc) is 2.96. The summed E-state index contributed by atoms with van der Waals surface area (Å²) in [4.78, 5) is 44.6. The Kier molecular flexibility index (Phi) is 11.2. The van der Waals surface area contributed by atoms with Crippen molar-refractivity contribution >= 4 is 17.7 Å². The maximum absolute atomic E-state index is 13.7. The third kappa shape index (κ3) is 9.20. The lowest BCUT2D eigenvalue weighted by atomic mass is 9.78. The molecule has 0 radical (unpaired) electrons. The number of rotatable bonds is 7. The van der Waals surface area contributed by atoms with Crippen LogP contribution in [0.4, 0.5) is 0 Å². The van der Waals surface area contributed by atoms with Crippen LogP contribution >= 0.6 is 0 Å². The van der Waals surface area contributed by atoms with Crippen molar-refractivity contribution < 1.29 is 24.6 Å². The van der Waals surface area contributed by atoms with Crippen molar-refractivity contribution in [1.82, 2.24) is 14.7 Å². The summed E-state index contributed by atoms with van der Waals surface area (Å²) < 4.78 is 0. The number of hydrogen-bond donors (Lipinski definition) is 2. The van der Waals surface area contributed by atoms with Gasteiger partial charge in [-0.3, -0.25) is 14.4 Å². The van der Waals surface area contributed by atoms with E-state index in [9.17, 15) is 24.6 Å². The number of aryl methyl sites for hydroxylation is 2. The molecule has 0 atom stereocenters.